The lowest BCUT2D eigenvalue weighted by molar-refractivity contribution is -0.141. The molecule has 2 aromatic carbocycles. The van der Waals surface area contributed by atoms with Gasteiger partial charge in [-0.2, -0.15) is 18.3 Å². The Morgan fingerprint density at radius 1 is 1.03 bits per heavy atom. The second-order valence-electron chi connectivity index (χ2n) is 8.78. The van der Waals surface area contributed by atoms with Crippen molar-refractivity contribution in [3.8, 4) is 11.1 Å². The summed E-state index contributed by atoms with van der Waals surface area (Å²) in [7, 11) is 0. The van der Waals surface area contributed by atoms with Gasteiger partial charge in [0.2, 0.25) is 0 Å². The molecule has 0 saturated carbocycles. The number of hydrogen-bond acceptors (Lipinski definition) is 4. The summed E-state index contributed by atoms with van der Waals surface area (Å²) in [5.41, 5.74) is 5.67. The summed E-state index contributed by atoms with van der Waals surface area (Å²) in [5, 5.41) is 3.48. The monoisotopic (exact) mass is 606 g/mol. The maximum Gasteiger partial charge on any atom is 0.435 e. The van der Waals surface area contributed by atoms with Crippen LogP contribution >= 0.6 is 15.9 Å². The number of carbonyl (C=O) groups is 2. The quantitative estimate of drug-likeness (QED) is 0.233. The molecule has 0 radical (unpaired) electrons. The molecule has 0 fully saturated rings. The zero-order chi connectivity index (χ0) is 28.3. The zero-order valence-corrected chi connectivity index (χ0v) is 21.6. The van der Waals surface area contributed by atoms with Gasteiger partial charge in [-0.3, -0.25) is 19.3 Å². The predicted octanol–water partition coefficient (Wildman–Crippen LogP) is 6.09. The molecule has 2 N–H and O–H groups in total. The van der Waals surface area contributed by atoms with Gasteiger partial charge in [0.25, 0.3) is 5.91 Å². The number of carbonyl (C=O) groups excluding carboxylic acids is 2. The topological polar surface area (TPSA) is 90.9 Å². The van der Waals surface area contributed by atoms with Crippen LogP contribution in [0.2, 0.25) is 0 Å². The Morgan fingerprint density at radius 3 is 2.46 bits per heavy atom. The number of hydrogen-bond donors (Lipinski definition) is 1. The van der Waals surface area contributed by atoms with E-state index < -0.39 is 47.7 Å². The molecule has 39 heavy (non-hydrogen) atoms. The SMILES string of the molecule is NC(=O)c1cc(-c2cccnc2[C@@H](CC(=O)Cn2nc(C(F)(F)F)cc2Br)Cc2cccc(F)c2)ccc1F. The molecule has 0 spiro atoms. The van der Waals surface area contributed by atoms with Gasteiger partial charge in [-0.1, -0.05) is 24.3 Å². The molecule has 4 aromatic rings. The fourth-order valence-corrected chi connectivity index (χ4v) is 4.65. The molecule has 4 rings (SSSR count). The summed E-state index contributed by atoms with van der Waals surface area (Å²) in [6.45, 7) is -0.457. The van der Waals surface area contributed by atoms with Crippen LogP contribution in [0.1, 0.15) is 39.6 Å². The lowest BCUT2D eigenvalue weighted by Gasteiger charge is -2.20. The van der Waals surface area contributed by atoms with E-state index in [1.54, 1.807) is 18.2 Å². The van der Waals surface area contributed by atoms with Crippen LogP contribution in [-0.2, 0) is 23.9 Å². The minimum Gasteiger partial charge on any atom is -0.366 e. The summed E-state index contributed by atoms with van der Waals surface area (Å²) in [5.74, 6) is -3.36. The fourth-order valence-electron chi connectivity index (χ4n) is 4.23. The molecule has 0 saturated heterocycles. The van der Waals surface area contributed by atoms with Gasteiger partial charge in [-0.05, 0) is 63.8 Å². The van der Waals surface area contributed by atoms with Gasteiger partial charge in [0.1, 0.15) is 22.8 Å². The fraction of sp³-hybridized carbons (Fsp3) is 0.185. The van der Waals surface area contributed by atoms with Gasteiger partial charge in [-0.15, -0.1) is 0 Å². The van der Waals surface area contributed by atoms with Gasteiger partial charge in [-0.25, -0.2) is 8.78 Å². The first-order valence-electron chi connectivity index (χ1n) is 11.5. The smallest absolute Gasteiger partial charge is 0.366 e. The largest absolute Gasteiger partial charge is 0.435 e. The Bertz CT molecular complexity index is 1540. The first-order chi connectivity index (χ1) is 18.4. The van der Waals surface area contributed by atoms with Crippen LogP contribution in [0.5, 0.6) is 0 Å². The summed E-state index contributed by atoms with van der Waals surface area (Å²) in [6, 6.07) is 13.6. The number of amides is 1. The van der Waals surface area contributed by atoms with Crippen molar-refractivity contribution in [3.63, 3.8) is 0 Å². The van der Waals surface area contributed by atoms with Crippen LogP contribution in [0.25, 0.3) is 11.1 Å². The number of ketones is 1. The van der Waals surface area contributed by atoms with Gasteiger partial charge >= 0.3 is 6.18 Å². The molecule has 202 valence electrons. The summed E-state index contributed by atoms with van der Waals surface area (Å²) in [4.78, 5) is 29.3. The van der Waals surface area contributed by atoms with Crippen LogP contribution in [0.15, 0.2) is 71.5 Å². The zero-order valence-electron chi connectivity index (χ0n) is 20.1. The molecule has 6 nitrogen and oxygen atoms in total. The van der Waals surface area contributed by atoms with Crippen LogP contribution in [0, 0.1) is 11.6 Å². The second kappa shape index (κ2) is 11.4. The number of halogens is 6. The van der Waals surface area contributed by atoms with Crippen molar-refractivity contribution in [2.24, 2.45) is 5.73 Å². The number of nitrogens with two attached hydrogens (primary N) is 1. The van der Waals surface area contributed by atoms with Crippen LogP contribution < -0.4 is 5.73 Å². The van der Waals surface area contributed by atoms with Gasteiger partial charge in [0.15, 0.2) is 11.5 Å². The average molecular weight is 607 g/mol. The molecule has 0 unspecified atom stereocenters. The second-order valence-corrected chi connectivity index (χ2v) is 9.59. The number of rotatable bonds is 9. The lowest BCUT2D eigenvalue weighted by Crippen LogP contribution is -2.18. The van der Waals surface area contributed by atoms with Gasteiger partial charge < -0.3 is 5.73 Å². The number of Topliss-reactive ketones (excluding diaryl/α,β-unsaturated/α-hetero) is 1. The molecule has 0 aliphatic carbocycles. The lowest BCUT2D eigenvalue weighted by atomic mass is 9.86. The highest BCUT2D eigenvalue weighted by Crippen LogP contribution is 2.34. The Morgan fingerprint density at radius 2 is 1.79 bits per heavy atom. The highest BCUT2D eigenvalue weighted by molar-refractivity contribution is 9.10. The summed E-state index contributed by atoms with van der Waals surface area (Å²) >= 11 is 3.00. The normalized spacial score (nSPS) is 12.4. The third kappa shape index (κ3) is 6.75. The minimum absolute atomic E-state index is 0.0197. The predicted molar refractivity (Wildman–Crippen MR) is 136 cm³/mol. The van der Waals surface area contributed by atoms with E-state index in [4.69, 9.17) is 5.73 Å². The first kappa shape index (κ1) is 28.1. The molecule has 1 atom stereocenters. The molecule has 1 amide bonds. The van der Waals surface area contributed by atoms with E-state index in [1.165, 1.54) is 36.5 Å². The van der Waals surface area contributed by atoms with Crippen molar-refractivity contribution in [3.05, 3.63) is 106 Å². The van der Waals surface area contributed by atoms with Crippen molar-refractivity contribution in [2.75, 3.05) is 0 Å². The van der Waals surface area contributed by atoms with Crippen molar-refractivity contribution < 1.29 is 31.5 Å². The molecular weight excluding hydrogens is 587 g/mol. The molecule has 2 heterocycles. The van der Waals surface area contributed by atoms with E-state index in [-0.39, 0.29) is 23.0 Å². The van der Waals surface area contributed by atoms with E-state index in [0.29, 0.717) is 22.4 Å². The molecule has 12 heteroatoms. The van der Waals surface area contributed by atoms with Crippen LogP contribution in [0.4, 0.5) is 22.0 Å². The van der Waals surface area contributed by atoms with Crippen molar-refractivity contribution in [1.82, 2.24) is 14.8 Å². The highest BCUT2D eigenvalue weighted by atomic mass is 79.9. The Hall–Kier alpha value is -3.93. The molecule has 0 aliphatic rings. The number of primary amides is 1. The first-order valence-corrected chi connectivity index (χ1v) is 12.3. The maximum atomic E-state index is 14.1. The van der Waals surface area contributed by atoms with Crippen LogP contribution in [0.3, 0.4) is 0 Å². The van der Waals surface area contributed by atoms with Crippen molar-refractivity contribution >= 4 is 27.6 Å². The van der Waals surface area contributed by atoms with Crippen molar-refractivity contribution in [1.29, 1.82) is 0 Å². The molecule has 0 aliphatic heterocycles. The van der Waals surface area contributed by atoms with Crippen LogP contribution in [-0.4, -0.2) is 26.5 Å². The highest BCUT2D eigenvalue weighted by Gasteiger charge is 2.35. The summed E-state index contributed by atoms with van der Waals surface area (Å²) in [6.07, 6.45) is -3.22. The molecule has 0 bridgehead atoms. The van der Waals surface area contributed by atoms with E-state index >= 15 is 0 Å². The third-order valence-electron chi connectivity index (χ3n) is 5.96. The number of benzene rings is 2. The number of aromatic nitrogens is 3. The van der Waals surface area contributed by atoms with E-state index in [2.05, 4.69) is 26.0 Å². The standard InChI is InChI=1S/C27H20BrF5N4O2/c28-24-13-23(27(31,32)33)36-37(24)14-19(38)11-17(9-15-3-1-4-18(29)10-15)25-20(5-2-8-35-25)16-6-7-22(30)21(12-16)26(34)39/h1-8,10,12-13,17H,9,11,14H2,(H2,34,39)/t17-/m1/s1. The number of alkyl halides is 3. The Labute approximate surface area is 227 Å². The number of nitrogens with zero attached hydrogens (tertiary/aromatic N) is 3. The minimum atomic E-state index is -4.68. The third-order valence-corrected chi connectivity index (χ3v) is 6.60. The molecular formula is C27H20BrF5N4O2. The van der Waals surface area contributed by atoms with Gasteiger partial charge in [0, 0.05) is 30.2 Å². The average Bonchev–Trinajstić information content (AvgIpc) is 3.24. The van der Waals surface area contributed by atoms with E-state index in [0.717, 1.165) is 16.8 Å². The van der Waals surface area contributed by atoms with E-state index in [1.807, 2.05) is 0 Å². The van der Waals surface area contributed by atoms with E-state index in [9.17, 15) is 31.5 Å². The summed E-state index contributed by atoms with van der Waals surface area (Å²) < 4.78 is 68.1. The Balaban J connectivity index is 1.71. The Kier molecular flexibility index (Phi) is 8.24. The molecule has 2 aromatic heterocycles. The van der Waals surface area contributed by atoms with Gasteiger partial charge in [0.05, 0.1) is 11.3 Å². The van der Waals surface area contributed by atoms with Crippen molar-refractivity contribution in [2.45, 2.75) is 31.5 Å². The maximum absolute atomic E-state index is 14.1. The number of pyridine rings is 1.